The molecule has 0 aliphatic rings. The number of hydrogen-bond acceptors (Lipinski definition) is 1. The molecule has 0 fully saturated rings. The quantitative estimate of drug-likeness (QED) is 0.745. The summed E-state index contributed by atoms with van der Waals surface area (Å²) in [6.07, 6.45) is 1.12. The number of benzene rings is 1. The standard InChI is InChI=1S/C12H19N/c1-4-11-6-5-7-12(8-11)9-13-10(2)3/h5-8,10,13H,4,9H2,1-3H3. The number of aryl methyl sites for hydroxylation is 1. The highest BCUT2D eigenvalue weighted by molar-refractivity contribution is 5.23. The van der Waals surface area contributed by atoms with Crippen molar-refractivity contribution in [1.29, 1.82) is 0 Å². The van der Waals surface area contributed by atoms with E-state index in [-0.39, 0.29) is 0 Å². The Morgan fingerprint density at radius 1 is 1.23 bits per heavy atom. The monoisotopic (exact) mass is 177 g/mol. The largest absolute Gasteiger partial charge is 0.310 e. The van der Waals surface area contributed by atoms with Crippen molar-refractivity contribution in [2.45, 2.75) is 39.8 Å². The molecule has 0 radical (unpaired) electrons. The van der Waals surface area contributed by atoms with E-state index in [1.54, 1.807) is 0 Å². The van der Waals surface area contributed by atoms with E-state index in [0.717, 1.165) is 13.0 Å². The maximum absolute atomic E-state index is 3.41. The van der Waals surface area contributed by atoms with Gasteiger partial charge in [-0.2, -0.15) is 0 Å². The second-order valence-electron chi connectivity index (χ2n) is 3.71. The Hall–Kier alpha value is -0.820. The van der Waals surface area contributed by atoms with Crippen LogP contribution in [0.1, 0.15) is 31.9 Å². The van der Waals surface area contributed by atoms with Crippen molar-refractivity contribution in [2.24, 2.45) is 0 Å². The minimum atomic E-state index is 0.560. The molecular weight excluding hydrogens is 158 g/mol. The van der Waals surface area contributed by atoms with Crippen LogP contribution in [0.2, 0.25) is 0 Å². The highest BCUT2D eigenvalue weighted by Crippen LogP contribution is 2.05. The van der Waals surface area contributed by atoms with Crippen molar-refractivity contribution in [2.75, 3.05) is 0 Å². The van der Waals surface area contributed by atoms with E-state index in [4.69, 9.17) is 0 Å². The maximum Gasteiger partial charge on any atom is 0.0207 e. The van der Waals surface area contributed by atoms with Gasteiger partial charge in [0.2, 0.25) is 0 Å². The molecule has 1 rings (SSSR count). The first-order valence-corrected chi connectivity index (χ1v) is 5.03. The lowest BCUT2D eigenvalue weighted by molar-refractivity contribution is 0.588. The Labute approximate surface area is 81.2 Å². The van der Waals surface area contributed by atoms with E-state index < -0.39 is 0 Å². The fraction of sp³-hybridized carbons (Fsp3) is 0.500. The predicted molar refractivity (Wildman–Crippen MR) is 57.8 cm³/mol. The van der Waals surface area contributed by atoms with Gasteiger partial charge in [0.05, 0.1) is 0 Å². The third-order valence-corrected chi connectivity index (χ3v) is 2.11. The molecule has 0 amide bonds. The average molecular weight is 177 g/mol. The van der Waals surface area contributed by atoms with Crippen LogP contribution in [0.15, 0.2) is 24.3 Å². The molecule has 1 aromatic carbocycles. The van der Waals surface area contributed by atoms with E-state index in [1.165, 1.54) is 11.1 Å². The first-order chi connectivity index (χ1) is 6.22. The number of hydrogen-bond donors (Lipinski definition) is 1. The fourth-order valence-electron chi connectivity index (χ4n) is 1.28. The summed E-state index contributed by atoms with van der Waals surface area (Å²) in [5.41, 5.74) is 2.80. The Bertz CT molecular complexity index is 253. The second-order valence-corrected chi connectivity index (χ2v) is 3.71. The van der Waals surface area contributed by atoms with Crippen molar-refractivity contribution in [3.05, 3.63) is 35.4 Å². The summed E-state index contributed by atoms with van der Waals surface area (Å²) in [5, 5.41) is 3.41. The molecule has 0 saturated heterocycles. The van der Waals surface area contributed by atoms with E-state index in [0.29, 0.717) is 6.04 Å². The van der Waals surface area contributed by atoms with E-state index in [1.807, 2.05) is 0 Å². The van der Waals surface area contributed by atoms with Crippen LogP contribution >= 0.6 is 0 Å². The Balaban J connectivity index is 2.56. The summed E-state index contributed by atoms with van der Waals surface area (Å²) in [5.74, 6) is 0. The van der Waals surface area contributed by atoms with Crippen LogP contribution in [-0.4, -0.2) is 6.04 Å². The minimum Gasteiger partial charge on any atom is -0.310 e. The molecule has 13 heavy (non-hydrogen) atoms. The lowest BCUT2D eigenvalue weighted by atomic mass is 10.1. The van der Waals surface area contributed by atoms with Crippen LogP contribution < -0.4 is 5.32 Å². The van der Waals surface area contributed by atoms with Gasteiger partial charge in [0, 0.05) is 12.6 Å². The van der Waals surface area contributed by atoms with Crippen molar-refractivity contribution >= 4 is 0 Å². The van der Waals surface area contributed by atoms with Gasteiger partial charge in [-0.15, -0.1) is 0 Å². The van der Waals surface area contributed by atoms with Crippen molar-refractivity contribution in [1.82, 2.24) is 5.32 Å². The molecule has 1 nitrogen and oxygen atoms in total. The van der Waals surface area contributed by atoms with Crippen LogP contribution in [-0.2, 0) is 13.0 Å². The summed E-state index contributed by atoms with van der Waals surface area (Å²) in [6.45, 7) is 7.51. The Morgan fingerprint density at radius 3 is 2.54 bits per heavy atom. The molecule has 0 unspecified atom stereocenters. The fourth-order valence-corrected chi connectivity index (χ4v) is 1.28. The topological polar surface area (TPSA) is 12.0 Å². The Kier molecular flexibility index (Phi) is 3.97. The van der Waals surface area contributed by atoms with Crippen LogP contribution in [0.25, 0.3) is 0 Å². The summed E-state index contributed by atoms with van der Waals surface area (Å²) in [4.78, 5) is 0. The summed E-state index contributed by atoms with van der Waals surface area (Å²) in [6, 6.07) is 9.32. The molecular formula is C12H19N. The van der Waals surface area contributed by atoms with Gasteiger partial charge < -0.3 is 5.32 Å². The van der Waals surface area contributed by atoms with E-state index >= 15 is 0 Å². The zero-order valence-electron chi connectivity index (χ0n) is 8.80. The molecule has 0 aliphatic carbocycles. The van der Waals surface area contributed by atoms with Crippen molar-refractivity contribution in [3.8, 4) is 0 Å². The highest BCUT2D eigenvalue weighted by atomic mass is 14.9. The lowest BCUT2D eigenvalue weighted by Crippen LogP contribution is -2.21. The molecule has 0 spiro atoms. The minimum absolute atomic E-state index is 0.560. The van der Waals surface area contributed by atoms with Crippen LogP contribution in [0, 0.1) is 0 Å². The van der Waals surface area contributed by atoms with E-state index in [2.05, 4.69) is 50.4 Å². The van der Waals surface area contributed by atoms with E-state index in [9.17, 15) is 0 Å². The maximum atomic E-state index is 3.41. The van der Waals surface area contributed by atoms with Crippen LogP contribution in [0.4, 0.5) is 0 Å². The van der Waals surface area contributed by atoms with Gasteiger partial charge in [-0.1, -0.05) is 45.0 Å². The molecule has 0 heterocycles. The zero-order chi connectivity index (χ0) is 9.68. The van der Waals surface area contributed by atoms with Gasteiger partial charge in [-0.05, 0) is 17.5 Å². The van der Waals surface area contributed by atoms with Crippen molar-refractivity contribution < 1.29 is 0 Å². The predicted octanol–water partition coefficient (Wildman–Crippen LogP) is 2.75. The molecule has 0 atom stereocenters. The molecule has 72 valence electrons. The normalized spacial score (nSPS) is 10.8. The number of nitrogens with one attached hydrogen (secondary N) is 1. The summed E-state index contributed by atoms with van der Waals surface area (Å²) in [7, 11) is 0. The van der Waals surface area contributed by atoms with Gasteiger partial charge >= 0.3 is 0 Å². The summed E-state index contributed by atoms with van der Waals surface area (Å²) < 4.78 is 0. The van der Waals surface area contributed by atoms with Gasteiger partial charge in [-0.3, -0.25) is 0 Å². The highest BCUT2D eigenvalue weighted by Gasteiger charge is 1.95. The molecule has 0 aromatic heterocycles. The van der Waals surface area contributed by atoms with Gasteiger partial charge in [0.1, 0.15) is 0 Å². The Morgan fingerprint density at radius 2 is 1.92 bits per heavy atom. The molecule has 1 N–H and O–H groups in total. The van der Waals surface area contributed by atoms with Gasteiger partial charge in [0.25, 0.3) is 0 Å². The average Bonchev–Trinajstić information content (AvgIpc) is 2.15. The molecule has 0 aliphatic heterocycles. The smallest absolute Gasteiger partial charge is 0.0207 e. The lowest BCUT2D eigenvalue weighted by Gasteiger charge is -2.08. The molecule has 1 aromatic rings. The third kappa shape index (κ3) is 3.60. The number of rotatable bonds is 4. The first kappa shape index (κ1) is 10.3. The molecule has 0 saturated carbocycles. The van der Waals surface area contributed by atoms with Gasteiger partial charge in [-0.25, -0.2) is 0 Å². The SMILES string of the molecule is CCc1cccc(CNC(C)C)c1. The zero-order valence-corrected chi connectivity index (χ0v) is 8.80. The third-order valence-electron chi connectivity index (χ3n) is 2.11. The summed E-state index contributed by atoms with van der Waals surface area (Å²) >= 11 is 0. The molecule has 1 heteroatoms. The first-order valence-electron chi connectivity index (χ1n) is 5.03. The van der Waals surface area contributed by atoms with Crippen molar-refractivity contribution in [3.63, 3.8) is 0 Å². The second kappa shape index (κ2) is 5.03. The van der Waals surface area contributed by atoms with Crippen LogP contribution in [0.5, 0.6) is 0 Å². The van der Waals surface area contributed by atoms with Crippen LogP contribution in [0.3, 0.4) is 0 Å². The van der Waals surface area contributed by atoms with Gasteiger partial charge in [0.15, 0.2) is 0 Å². The molecule has 0 bridgehead atoms.